The van der Waals surface area contributed by atoms with Crippen molar-refractivity contribution in [2.24, 2.45) is 5.73 Å². The van der Waals surface area contributed by atoms with Gasteiger partial charge in [0.05, 0.1) is 6.04 Å². The molecule has 116 valence electrons. The lowest BCUT2D eigenvalue weighted by molar-refractivity contribution is -0.134. The van der Waals surface area contributed by atoms with Crippen molar-refractivity contribution in [3.8, 4) is 0 Å². The minimum atomic E-state index is 0.127. The summed E-state index contributed by atoms with van der Waals surface area (Å²) in [6.45, 7) is 2.72. The molecule has 3 rings (SSSR count). The molecule has 3 heteroatoms. The molecule has 1 saturated carbocycles. The lowest BCUT2D eigenvalue weighted by Crippen LogP contribution is -2.35. The van der Waals surface area contributed by atoms with E-state index in [2.05, 4.69) is 54.3 Å². The van der Waals surface area contributed by atoms with E-state index in [1.807, 2.05) is 0 Å². The van der Waals surface area contributed by atoms with Crippen molar-refractivity contribution in [3.63, 3.8) is 0 Å². The Morgan fingerprint density at radius 1 is 1.23 bits per heavy atom. The first-order valence-electron chi connectivity index (χ1n) is 8.20. The predicted molar refractivity (Wildman–Crippen MR) is 90.5 cm³/mol. The molecule has 0 bridgehead atoms. The summed E-state index contributed by atoms with van der Waals surface area (Å²) in [6.07, 6.45) is 3.59. The fourth-order valence-corrected chi connectivity index (χ4v) is 3.10. The van der Waals surface area contributed by atoms with Crippen molar-refractivity contribution in [1.29, 1.82) is 0 Å². The average Bonchev–Trinajstić information content (AvgIpc) is 3.37. The fourth-order valence-electron chi connectivity index (χ4n) is 3.10. The zero-order valence-electron chi connectivity index (χ0n) is 13.2. The minimum absolute atomic E-state index is 0.127. The summed E-state index contributed by atoms with van der Waals surface area (Å²) in [6, 6.07) is 15.4. The Morgan fingerprint density at radius 3 is 2.64 bits per heavy atom. The average molecular weight is 296 g/mol. The van der Waals surface area contributed by atoms with Crippen LogP contribution in [0.15, 0.2) is 42.5 Å². The Hall–Kier alpha value is -1.87. The number of carbonyl (C=O) groups excluding carboxylic acids is 1. The molecule has 1 unspecified atom stereocenters. The zero-order chi connectivity index (χ0) is 15.5. The molecule has 2 aromatic carbocycles. The maximum Gasteiger partial charge on any atom is 0.223 e. The largest absolute Gasteiger partial charge is 0.333 e. The SMILES string of the molecule is CC(c1ccc2ccccc2c1)N(C(=O)CCCN)C1CC1. The van der Waals surface area contributed by atoms with Crippen LogP contribution >= 0.6 is 0 Å². The van der Waals surface area contributed by atoms with Crippen LogP contribution in [0.1, 0.15) is 44.2 Å². The van der Waals surface area contributed by atoms with Gasteiger partial charge in [0.15, 0.2) is 0 Å². The van der Waals surface area contributed by atoms with Gasteiger partial charge in [-0.25, -0.2) is 0 Å². The standard InChI is InChI=1S/C19H24N2O/c1-14(21(18-10-11-18)19(22)7-4-12-20)16-9-8-15-5-2-3-6-17(15)13-16/h2-3,5-6,8-9,13-14,18H,4,7,10-12,20H2,1H3. The summed E-state index contributed by atoms with van der Waals surface area (Å²) in [4.78, 5) is 14.6. The van der Waals surface area contributed by atoms with Gasteiger partial charge >= 0.3 is 0 Å². The van der Waals surface area contributed by atoms with Gasteiger partial charge in [0.1, 0.15) is 0 Å². The number of benzene rings is 2. The first-order valence-corrected chi connectivity index (χ1v) is 8.20. The molecule has 0 saturated heterocycles. The molecule has 0 spiro atoms. The maximum absolute atomic E-state index is 12.5. The summed E-state index contributed by atoms with van der Waals surface area (Å²) in [7, 11) is 0. The van der Waals surface area contributed by atoms with Crippen molar-refractivity contribution in [2.45, 2.75) is 44.7 Å². The van der Waals surface area contributed by atoms with Crippen LogP contribution in [0.2, 0.25) is 0 Å². The van der Waals surface area contributed by atoms with Crippen LogP contribution in [0.5, 0.6) is 0 Å². The molecule has 0 aliphatic heterocycles. The van der Waals surface area contributed by atoms with E-state index < -0.39 is 0 Å². The number of nitrogens with zero attached hydrogens (tertiary/aromatic N) is 1. The highest BCUT2D eigenvalue weighted by Gasteiger charge is 2.35. The van der Waals surface area contributed by atoms with Crippen molar-refractivity contribution in [3.05, 3.63) is 48.0 Å². The number of amides is 1. The predicted octanol–water partition coefficient (Wildman–Crippen LogP) is 3.63. The molecule has 0 radical (unpaired) electrons. The first kappa shape index (κ1) is 15.0. The molecule has 2 aromatic rings. The Kier molecular flexibility index (Phi) is 4.44. The van der Waals surface area contributed by atoms with Gasteiger partial charge in [-0.2, -0.15) is 0 Å². The number of fused-ring (bicyclic) bond motifs is 1. The van der Waals surface area contributed by atoms with E-state index >= 15 is 0 Å². The van der Waals surface area contributed by atoms with E-state index in [1.54, 1.807) is 0 Å². The van der Waals surface area contributed by atoms with Crippen LogP contribution in [0, 0.1) is 0 Å². The number of hydrogen-bond acceptors (Lipinski definition) is 2. The fraction of sp³-hybridized carbons (Fsp3) is 0.421. The summed E-state index contributed by atoms with van der Waals surface area (Å²) in [5, 5.41) is 2.47. The molecule has 22 heavy (non-hydrogen) atoms. The van der Waals surface area contributed by atoms with Gasteiger partial charge in [-0.15, -0.1) is 0 Å². The molecule has 0 heterocycles. The van der Waals surface area contributed by atoms with E-state index in [9.17, 15) is 4.79 Å². The van der Waals surface area contributed by atoms with Gasteiger partial charge < -0.3 is 10.6 Å². The zero-order valence-corrected chi connectivity index (χ0v) is 13.2. The van der Waals surface area contributed by atoms with Crippen molar-refractivity contribution in [2.75, 3.05) is 6.54 Å². The summed E-state index contributed by atoms with van der Waals surface area (Å²) in [5.41, 5.74) is 6.76. The molecule has 1 aliphatic carbocycles. The summed E-state index contributed by atoms with van der Waals surface area (Å²) >= 11 is 0. The van der Waals surface area contributed by atoms with Gasteiger partial charge in [-0.3, -0.25) is 4.79 Å². The third kappa shape index (κ3) is 3.14. The Morgan fingerprint density at radius 2 is 1.95 bits per heavy atom. The Bertz CT molecular complexity index is 663. The molecular formula is C19H24N2O. The molecule has 1 aliphatic rings. The van der Waals surface area contributed by atoms with Gasteiger partial charge in [-0.1, -0.05) is 36.4 Å². The number of rotatable bonds is 6. The van der Waals surface area contributed by atoms with Crippen LogP contribution in [0.3, 0.4) is 0 Å². The highest BCUT2D eigenvalue weighted by Crippen LogP contribution is 2.35. The van der Waals surface area contributed by atoms with Crippen molar-refractivity contribution < 1.29 is 4.79 Å². The van der Waals surface area contributed by atoms with E-state index in [0.29, 0.717) is 19.0 Å². The molecule has 1 atom stereocenters. The normalized spacial score (nSPS) is 15.7. The second-order valence-corrected chi connectivity index (χ2v) is 6.21. The second kappa shape index (κ2) is 6.49. The second-order valence-electron chi connectivity index (χ2n) is 6.21. The van der Waals surface area contributed by atoms with E-state index in [-0.39, 0.29) is 11.9 Å². The lowest BCUT2D eigenvalue weighted by Gasteiger charge is -2.30. The molecule has 1 fully saturated rings. The number of hydrogen-bond donors (Lipinski definition) is 1. The minimum Gasteiger partial charge on any atom is -0.333 e. The van der Waals surface area contributed by atoms with Gasteiger partial charge in [0, 0.05) is 12.5 Å². The Labute approximate surface area is 132 Å². The summed E-state index contributed by atoms with van der Waals surface area (Å²) in [5.74, 6) is 0.244. The summed E-state index contributed by atoms with van der Waals surface area (Å²) < 4.78 is 0. The van der Waals surface area contributed by atoms with Crippen molar-refractivity contribution in [1.82, 2.24) is 4.90 Å². The van der Waals surface area contributed by atoms with Gasteiger partial charge in [-0.05, 0) is 55.1 Å². The molecule has 2 N–H and O–H groups in total. The van der Waals surface area contributed by atoms with Gasteiger partial charge in [0.25, 0.3) is 0 Å². The highest BCUT2D eigenvalue weighted by atomic mass is 16.2. The highest BCUT2D eigenvalue weighted by molar-refractivity contribution is 5.83. The van der Waals surface area contributed by atoms with Crippen LogP contribution in [0.4, 0.5) is 0 Å². The quantitative estimate of drug-likeness (QED) is 0.884. The number of carbonyl (C=O) groups is 1. The topological polar surface area (TPSA) is 46.3 Å². The third-order valence-corrected chi connectivity index (χ3v) is 4.50. The Balaban J connectivity index is 1.84. The first-order chi connectivity index (χ1) is 10.7. The van der Waals surface area contributed by atoms with Crippen LogP contribution in [0.25, 0.3) is 10.8 Å². The van der Waals surface area contributed by atoms with Crippen LogP contribution < -0.4 is 5.73 Å². The van der Waals surface area contributed by atoms with E-state index in [1.165, 1.54) is 16.3 Å². The van der Waals surface area contributed by atoms with E-state index in [4.69, 9.17) is 5.73 Å². The third-order valence-electron chi connectivity index (χ3n) is 4.50. The molecule has 0 aromatic heterocycles. The number of nitrogens with two attached hydrogens (primary N) is 1. The smallest absolute Gasteiger partial charge is 0.223 e. The molecular weight excluding hydrogens is 272 g/mol. The maximum atomic E-state index is 12.5. The molecule has 3 nitrogen and oxygen atoms in total. The van der Waals surface area contributed by atoms with Gasteiger partial charge in [0.2, 0.25) is 5.91 Å². The monoisotopic (exact) mass is 296 g/mol. The van der Waals surface area contributed by atoms with Crippen LogP contribution in [-0.4, -0.2) is 23.4 Å². The van der Waals surface area contributed by atoms with Crippen molar-refractivity contribution >= 4 is 16.7 Å². The van der Waals surface area contributed by atoms with Crippen LogP contribution in [-0.2, 0) is 4.79 Å². The van der Waals surface area contributed by atoms with E-state index in [0.717, 1.165) is 19.3 Å². The molecule has 1 amide bonds. The lowest BCUT2D eigenvalue weighted by atomic mass is 10.0.